The number of pyridine rings is 1. The summed E-state index contributed by atoms with van der Waals surface area (Å²) in [5.74, 6) is 0. The number of nitro benzene ring substituents is 1. The predicted octanol–water partition coefficient (Wildman–Crippen LogP) is 2.66. The number of nitrogens with one attached hydrogen (secondary N) is 2. The second kappa shape index (κ2) is 7.06. The molecule has 3 aromatic rings. The van der Waals surface area contributed by atoms with Crippen LogP contribution in [0.25, 0.3) is 10.9 Å². The van der Waals surface area contributed by atoms with Gasteiger partial charge in [0, 0.05) is 18.8 Å². The molecule has 0 fully saturated rings. The largest absolute Gasteiger partial charge is 0.379 e. The monoisotopic (exact) mass is 372 g/mol. The van der Waals surface area contributed by atoms with Crippen LogP contribution in [0.15, 0.2) is 59.6 Å². The molecule has 0 aliphatic heterocycles. The van der Waals surface area contributed by atoms with Crippen LogP contribution >= 0.6 is 0 Å². The molecule has 9 heteroatoms. The third-order valence-electron chi connectivity index (χ3n) is 3.90. The van der Waals surface area contributed by atoms with Crippen LogP contribution in [-0.2, 0) is 16.6 Å². The molecule has 0 radical (unpaired) electrons. The summed E-state index contributed by atoms with van der Waals surface area (Å²) in [6.45, 7) is 0.344. The van der Waals surface area contributed by atoms with Crippen LogP contribution in [0.5, 0.6) is 0 Å². The van der Waals surface area contributed by atoms with Crippen molar-refractivity contribution in [3.8, 4) is 0 Å². The Morgan fingerprint density at radius 3 is 2.69 bits per heavy atom. The number of aromatic nitrogens is 1. The molecular formula is C17H16N4O4S. The molecule has 1 heterocycles. The van der Waals surface area contributed by atoms with E-state index in [1.165, 1.54) is 19.2 Å². The van der Waals surface area contributed by atoms with Gasteiger partial charge in [-0.25, -0.2) is 13.1 Å². The van der Waals surface area contributed by atoms with Crippen LogP contribution < -0.4 is 10.0 Å². The molecule has 0 saturated heterocycles. The number of hydrogen-bond acceptors (Lipinski definition) is 6. The maximum atomic E-state index is 11.9. The van der Waals surface area contributed by atoms with Crippen molar-refractivity contribution in [1.29, 1.82) is 0 Å². The van der Waals surface area contributed by atoms with E-state index >= 15 is 0 Å². The van der Waals surface area contributed by atoms with Gasteiger partial charge in [-0.1, -0.05) is 12.1 Å². The minimum Gasteiger partial charge on any atom is -0.379 e. The smallest absolute Gasteiger partial charge is 0.278 e. The van der Waals surface area contributed by atoms with Gasteiger partial charge in [0.2, 0.25) is 10.0 Å². The topological polar surface area (TPSA) is 114 Å². The SMILES string of the molecule is CNS(=O)(=O)c1cccc(CNc2ccc([N+](=O)[O-])c3cccnc23)c1. The Hall–Kier alpha value is -3.04. The maximum Gasteiger partial charge on any atom is 0.278 e. The van der Waals surface area contributed by atoms with Gasteiger partial charge < -0.3 is 5.32 Å². The summed E-state index contributed by atoms with van der Waals surface area (Å²) < 4.78 is 26.1. The molecule has 8 nitrogen and oxygen atoms in total. The van der Waals surface area contributed by atoms with Crippen molar-refractivity contribution < 1.29 is 13.3 Å². The fourth-order valence-electron chi connectivity index (χ4n) is 2.60. The molecule has 134 valence electrons. The quantitative estimate of drug-likeness (QED) is 0.508. The first kappa shape index (κ1) is 17.8. The van der Waals surface area contributed by atoms with Gasteiger partial charge in [0.05, 0.1) is 20.9 Å². The lowest BCUT2D eigenvalue weighted by Crippen LogP contribution is -2.18. The van der Waals surface area contributed by atoms with Crippen molar-refractivity contribution in [1.82, 2.24) is 9.71 Å². The summed E-state index contributed by atoms with van der Waals surface area (Å²) in [4.78, 5) is 15.1. The van der Waals surface area contributed by atoms with E-state index in [9.17, 15) is 18.5 Å². The second-order valence-electron chi connectivity index (χ2n) is 5.50. The standard InChI is InChI=1S/C17H16N4O4S/c1-18-26(24,25)13-5-2-4-12(10-13)11-20-15-7-8-16(21(22)23)14-6-3-9-19-17(14)15/h2-10,18,20H,11H2,1H3. The fourth-order valence-corrected chi connectivity index (χ4v) is 3.40. The highest BCUT2D eigenvalue weighted by atomic mass is 32.2. The van der Waals surface area contributed by atoms with Crippen LogP contribution in [0.1, 0.15) is 5.56 Å². The Labute approximate surface area is 150 Å². The van der Waals surface area contributed by atoms with Crippen LogP contribution in [0.3, 0.4) is 0 Å². The highest BCUT2D eigenvalue weighted by Crippen LogP contribution is 2.30. The summed E-state index contributed by atoms with van der Waals surface area (Å²) in [7, 11) is -2.16. The van der Waals surface area contributed by atoms with Gasteiger partial charge in [-0.2, -0.15) is 0 Å². The molecule has 3 rings (SSSR count). The molecular weight excluding hydrogens is 356 g/mol. The third kappa shape index (κ3) is 3.48. The number of non-ortho nitro benzene ring substituents is 1. The van der Waals surface area contributed by atoms with Gasteiger partial charge in [-0.15, -0.1) is 0 Å². The summed E-state index contributed by atoms with van der Waals surface area (Å²) in [5.41, 5.74) is 1.86. The Morgan fingerprint density at radius 2 is 1.96 bits per heavy atom. The van der Waals surface area contributed by atoms with Crippen molar-refractivity contribution in [2.75, 3.05) is 12.4 Å². The molecule has 26 heavy (non-hydrogen) atoms. The van der Waals surface area contributed by atoms with E-state index in [1.54, 1.807) is 42.6 Å². The number of sulfonamides is 1. The second-order valence-corrected chi connectivity index (χ2v) is 7.38. The van der Waals surface area contributed by atoms with Crippen molar-refractivity contribution >= 4 is 32.3 Å². The van der Waals surface area contributed by atoms with Gasteiger partial charge >= 0.3 is 0 Å². The first-order chi connectivity index (χ1) is 12.4. The molecule has 0 unspecified atom stereocenters. The number of nitro groups is 1. The minimum absolute atomic E-state index is 0.0132. The first-order valence-electron chi connectivity index (χ1n) is 7.71. The Balaban J connectivity index is 1.91. The molecule has 0 saturated carbocycles. The van der Waals surface area contributed by atoms with E-state index in [2.05, 4.69) is 15.0 Å². The van der Waals surface area contributed by atoms with Gasteiger partial charge in [-0.3, -0.25) is 15.1 Å². The summed E-state index contributed by atoms with van der Waals surface area (Å²) in [6, 6.07) is 12.8. The van der Waals surface area contributed by atoms with Crippen molar-refractivity contribution in [3.05, 3.63) is 70.4 Å². The van der Waals surface area contributed by atoms with Crippen molar-refractivity contribution in [3.63, 3.8) is 0 Å². The van der Waals surface area contributed by atoms with Crippen LogP contribution in [0, 0.1) is 10.1 Å². The lowest BCUT2D eigenvalue weighted by Gasteiger charge is -2.10. The van der Waals surface area contributed by atoms with Gasteiger partial charge in [0.15, 0.2) is 0 Å². The molecule has 0 aliphatic carbocycles. The van der Waals surface area contributed by atoms with Gasteiger partial charge in [0.1, 0.15) is 5.52 Å². The Morgan fingerprint density at radius 1 is 1.15 bits per heavy atom. The van der Waals surface area contributed by atoms with Crippen molar-refractivity contribution in [2.24, 2.45) is 0 Å². The first-order valence-corrected chi connectivity index (χ1v) is 9.19. The van der Waals surface area contributed by atoms with E-state index in [0.29, 0.717) is 23.1 Å². The van der Waals surface area contributed by atoms with E-state index in [-0.39, 0.29) is 10.6 Å². The number of fused-ring (bicyclic) bond motifs is 1. The third-order valence-corrected chi connectivity index (χ3v) is 5.32. The van der Waals surface area contributed by atoms with E-state index in [1.807, 2.05) is 0 Å². The zero-order chi connectivity index (χ0) is 18.7. The average molecular weight is 372 g/mol. The number of benzene rings is 2. The molecule has 0 amide bonds. The highest BCUT2D eigenvalue weighted by Gasteiger charge is 2.15. The van der Waals surface area contributed by atoms with Crippen LogP contribution in [0.2, 0.25) is 0 Å². The predicted molar refractivity (Wildman–Crippen MR) is 98.4 cm³/mol. The average Bonchev–Trinajstić information content (AvgIpc) is 2.66. The van der Waals surface area contributed by atoms with Gasteiger partial charge in [0.25, 0.3) is 5.69 Å². The zero-order valence-corrected chi connectivity index (χ0v) is 14.7. The molecule has 0 bridgehead atoms. The molecule has 2 aromatic carbocycles. The van der Waals surface area contributed by atoms with E-state index in [0.717, 1.165) is 5.56 Å². The number of nitrogens with zero attached hydrogens (tertiary/aromatic N) is 2. The van der Waals surface area contributed by atoms with E-state index < -0.39 is 14.9 Å². The molecule has 1 aromatic heterocycles. The summed E-state index contributed by atoms with van der Waals surface area (Å²) in [6.07, 6.45) is 1.57. The lowest BCUT2D eigenvalue weighted by atomic mass is 10.1. The summed E-state index contributed by atoms with van der Waals surface area (Å²) in [5, 5.41) is 14.8. The molecule has 2 N–H and O–H groups in total. The van der Waals surface area contributed by atoms with Gasteiger partial charge in [-0.05, 0) is 42.9 Å². The number of anilines is 1. The van der Waals surface area contributed by atoms with E-state index in [4.69, 9.17) is 0 Å². The normalized spacial score (nSPS) is 11.4. The highest BCUT2D eigenvalue weighted by molar-refractivity contribution is 7.89. The van der Waals surface area contributed by atoms with Crippen LogP contribution in [-0.4, -0.2) is 25.4 Å². The minimum atomic E-state index is -3.52. The lowest BCUT2D eigenvalue weighted by molar-refractivity contribution is -0.383. The summed E-state index contributed by atoms with van der Waals surface area (Å²) >= 11 is 0. The Bertz CT molecular complexity index is 1080. The number of hydrogen-bond donors (Lipinski definition) is 2. The Kier molecular flexibility index (Phi) is 4.83. The molecule has 0 atom stereocenters. The fraction of sp³-hybridized carbons (Fsp3) is 0.118. The molecule has 0 aliphatic rings. The molecule has 0 spiro atoms. The van der Waals surface area contributed by atoms with Crippen molar-refractivity contribution in [2.45, 2.75) is 11.4 Å². The zero-order valence-electron chi connectivity index (χ0n) is 13.8. The number of rotatable bonds is 6. The van der Waals surface area contributed by atoms with Crippen LogP contribution in [0.4, 0.5) is 11.4 Å². The maximum absolute atomic E-state index is 11.9.